The monoisotopic (exact) mass is 283 g/mol. The molecular weight excluding hydrogens is 270 g/mol. The molecule has 106 valence electrons. The van der Waals surface area contributed by atoms with Gasteiger partial charge in [0.05, 0.1) is 30.0 Å². The van der Waals surface area contributed by atoms with Crippen LogP contribution < -0.4 is 15.8 Å². The van der Waals surface area contributed by atoms with Crippen molar-refractivity contribution in [3.05, 3.63) is 36.7 Å². The number of hydrogen-bond donors (Lipinski definition) is 3. The summed E-state index contributed by atoms with van der Waals surface area (Å²) in [6.45, 7) is 0. The minimum atomic E-state index is -0.653. The molecule has 0 spiro atoms. The van der Waals surface area contributed by atoms with Gasteiger partial charge in [-0.3, -0.25) is 4.98 Å². The Kier molecular flexibility index (Phi) is 3.15. The van der Waals surface area contributed by atoms with Gasteiger partial charge in [-0.1, -0.05) is 0 Å². The van der Waals surface area contributed by atoms with Gasteiger partial charge in [0.1, 0.15) is 11.6 Å². The number of rotatable bonds is 3. The van der Waals surface area contributed by atoms with Gasteiger partial charge in [-0.15, -0.1) is 0 Å². The molecule has 1 aromatic carbocycles. The van der Waals surface area contributed by atoms with Crippen LogP contribution >= 0.6 is 0 Å². The van der Waals surface area contributed by atoms with E-state index in [-0.39, 0.29) is 0 Å². The number of pyridine rings is 1. The zero-order valence-electron chi connectivity index (χ0n) is 11.3. The molecule has 2 aromatic heterocycles. The van der Waals surface area contributed by atoms with Gasteiger partial charge in [0.25, 0.3) is 0 Å². The van der Waals surface area contributed by atoms with Crippen LogP contribution in [0.25, 0.3) is 22.4 Å². The summed E-state index contributed by atoms with van der Waals surface area (Å²) in [6.07, 6.45) is 3.39. The molecule has 2 heterocycles. The maximum atomic E-state index is 11.0. The smallest absolute Gasteiger partial charge is 0.316 e. The second-order valence-corrected chi connectivity index (χ2v) is 4.38. The number of primary amides is 1. The van der Waals surface area contributed by atoms with Crippen LogP contribution in [0.1, 0.15) is 0 Å². The zero-order valence-corrected chi connectivity index (χ0v) is 11.3. The van der Waals surface area contributed by atoms with Crippen LogP contribution in [0.4, 0.5) is 10.5 Å². The van der Waals surface area contributed by atoms with Crippen molar-refractivity contribution in [2.45, 2.75) is 0 Å². The molecule has 0 radical (unpaired) electrons. The Morgan fingerprint density at radius 2 is 2.24 bits per heavy atom. The van der Waals surface area contributed by atoms with E-state index < -0.39 is 6.03 Å². The Hall–Kier alpha value is -3.09. The third kappa shape index (κ3) is 2.48. The fraction of sp³-hybridized carbons (Fsp3) is 0.0714. The van der Waals surface area contributed by atoms with Crippen LogP contribution in [0.2, 0.25) is 0 Å². The lowest BCUT2D eigenvalue weighted by atomic mass is 10.1. The number of ether oxygens (including phenoxy) is 1. The predicted molar refractivity (Wildman–Crippen MR) is 79.1 cm³/mol. The molecule has 4 N–H and O–H groups in total. The number of benzene rings is 1. The van der Waals surface area contributed by atoms with Crippen LogP contribution in [0.3, 0.4) is 0 Å². The molecule has 2 amide bonds. The topological polar surface area (TPSA) is 106 Å². The highest BCUT2D eigenvalue weighted by molar-refractivity contribution is 5.91. The van der Waals surface area contributed by atoms with Gasteiger partial charge in [0.2, 0.25) is 0 Å². The zero-order chi connectivity index (χ0) is 14.8. The van der Waals surface area contributed by atoms with Crippen molar-refractivity contribution in [2.24, 2.45) is 5.73 Å². The van der Waals surface area contributed by atoms with Crippen molar-refractivity contribution in [3.63, 3.8) is 0 Å². The van der Waals surface area contributed by atoms with E-state index in [1.54, 1.807) is 24.5 Å². The second kappa shape index (κ2) is 5.12. The number of methoxy groups -OCH3 is 1. The minimum Gasteiger partial charge on any atom is -0.495 e. The number of carbonyl (C=O) groups is 1. The number of amides is 2. The summed E-state index contributed by atoms with van der Waals surface area (Å²) in [5.41, 5.74) is 8.11. The number of hydrogen-bond acceptors (Lipinski definition) is 4. The second-order valence-electron chi connectivity index (χ2n) is 4.38. The van der Waals surface area contributed by atoms with Gasteiger partial charge in [-0.05, 0) is 24.3 Å². The van der Waals surface area contributed by atoms with Crippen LogP contribution in [0, 0.1) is 0 Å². The quantitative estimate of drug-likeness (QED) is 0.684. The number of H-pyrrole nitrogens is 1. The molecule has 21 heavy (non-hydrogen) atoms. The summed E-state index contributed by atoms with van der Waals surface area (Å²) < 4.78 is 5.19. The highest BCUT2D eigenvalue weighted by Crippen LogP contribution is 2.30. The molecule has 0 aliphatic carbocycles. The Balaban J connectivity index is 2.07. The summed E-state index contributed by atoms with van der Waals surface area (Å²) >= 11 is 0. The minimum absolute atomic E-state index is 0.487. The molecule has 0 bridgehead atoms. The van der Waals surface area contributed by atoms with Gasteiger partial charge in [0.15, 0.2) is 0 Å². The number of anilines is 1. The molecule has 0 unspecified atom stereocenters. The number of nitrogens with two attached hydrogens (primary N) is 1. The largest absolute Gasteiger partial charge is 0.495 e. The maximum Gasteiger partial charge on any atom is 0.316 e. The first kappa shape index (κ1) is 12.9. The van der Waals surface area contributed by atoms with Gasteiger partial charge in [0, 0.05) is 11.8 Å². The first-order valence-electron chi connectivity index (χ1n) is 6.22. The maximum absolute atomic E-state index is 11.0. The third-order valence-electron chi connectivity index (χ3n) is 3.01. The van der Waals surface area contributed by atoms with E-state index in [2.05, 4.69) is 20.3 Å². The van der Waals surface area contributed by atoms with Crippen molar-refractivity contribution in [2.75, 3.05) is 12.4 Å². The lowest BCUT2D eigenvalue weighted by molar-refractivity contribution is 0.259. The van der Waals surface area contributed by atoms with Crippen molar-refractivity contribution < 1.29 is 9.53 Å². The lowest BCUT2D eigenvalue weighted by Gasteiger charge is -2.09. The van der Waals surface area contributed by atoms with Crippen LogP contribution in [-0.4, -0.2) is 28.1 Å². The van der Waals surface area contributed by atoms with Crippen molar-refractivity contribution in [1.82, 2.24) is 15.0 Å². The first-order chi connectivity index (χ1) is 10.2. The fourth-order valence-electron chi connectivity index (χ4n) is 2.08. The number of nitrogens with one attached hydrogen (secondary N) is 2. The molecule has 0 fully saturated rings. The Bertz CT molecular complexity index is 779. The van der Waals surface area contributed by atoms with E-state index in [1.165, 1.54) is 7.11 Å². The van der Waals surface area contributed by atoms with Crippen molar-refractivity contribution in [3.8, 4) is 17.1 Å². The average Bonchev–Trinajstić information content (AvgIpc) is 2.90. The Labute approximate surface area is 120 Å². The van der Waals surface area contributed by atoms with E-state index in [0.717, 1.165) is 16.6 Å². The number of aromatic amines is 1. The Morgan fingerprint density at radius 1 is 1.38 bits per heavy atom. The molecule has 7 nitrogen and oxygen atoms in total. The van der Waals surface area contributed by atoms with Gasteiger partial charge < -0.3 is 20.8 Å². The number of imidazole rings is 1. The summed E-state index contributed by atoms with van der Waals surface area (Å²) in [5.74, 6) is 1.20. The summed E-state index contributed by atoms with van der Waals surface area (Å²) in [7, 11) is 1.52. The predicted octanol–water partition coefficient (Wildman–Crippen LogP) is 2.12. The normalized spacial score (nSPS) is 10.5. The lowest BCUT2D eigenvalue weighted by Crippen LogP contribution is -2.19. The van der Waals surface area contributed by atoms with Gasteiger partial charge >= 0.3 is 6.03 Å². The standard InChI is InChI=1S/C14H13N5O2/c1-21-12-3-2-8(6-10(12)19-14(15)20)13-17-9-4-5-16-7-11(9)18-13/h2-7H,1H3,(H,17,18)(H3,15,19,20). The fourth-order valence-corrected chi connectivity index (χ4v) is 2.08. The molecule has 7 heteroatoms. The van der Waals surface area contributed by atoms with Crippen LogP contribution in [-0.2, 0) is 0 Å². The van der Waals surface area contributed by atoms with Crippen LogP contribution in [0.15, 0.2) is 36.7 Å². The summed E-state index contributed by atoms with van der Waals surface area (Å²) in [4.78, 5) is 22.7. The molecular formula is C14H13N5O2. The summed E-state index contributed by atoms with van der Waals surface area (Å²) in [6, 6.07) is 6.50. The highest BCUT2D eigenvalue weighted by Gasteiger charge is 2.10. The third-order valence-corrected chi connectivity index (χ3v) is 3.01. The molecule has 0 aliphatic heterocycles. The average molecular weight is 283 g/mol. The summed E-state index contributed by atoms with van der Waals surface area (Å²) in [5, 5.41) is 2.53. The molecule has 3 rings (SSSR count). The number of aromatic nitrogens is 3. The van der Waals surface area contributed by atoms with E-state index in [0.29, 0.717) is 17.3 Å². The highest BCUT2D eigenvalue weighted by atomic mass is 16.5. The number of carbonyl (C=O) groups excluding carboxylic acids is 1. The molecule has 0 saturated carbocycles. The number of nitrogens with zero attached hydrogens (tertiary/aromatic N) is 2. The first-order valence-corrected chi connectivity index (χ1v) is 6.22. The van der Waals surface area contributed by atoms with Gasteiger partial charge in [-0.25, -0.2) is 9.78 Å². The van der Waals surface area contributed by atoms with E-state index >= 15 is 0 Å². The van der Waals surface area contributed by atoms with E-state index in [4.69, 9.17) is 10.5 Å². The van der Waals surface area contributed by atoms with Crippen molar-refractivity contribution in [1.29, 1.82) is 0 Å². The number of urea groups is 1. The van der Waals surface area contributed by atoms with E-state index in [9.17, 15) is 4.79 Å². The number of fused-ring (bicyclic) bond motifs is 1. The Morgan fingerprint density at radius 3 is 2.95 bits per heavy atom. The van der Waals surface area contributed by atoms with E-state index in [1.807, 2.05) is 12.1 Å². The molecule has 0 saturated heterocycles. The SMILES string of the molecule is COc1ccc(-c2nc3ccncc3[nH]2)cc1NC(N)=O. The van der Waals surface area contributed by atoms with Crippen LogP contribution in [0.5, 0.6) is 5.75 Å². The van der Waals surface area contributed by atoms with Gasteiger partial charge in [-0.2, -0.15) is 0 Å². The van der Waals surface area contributed by atoms with Crippen molar-refractivity contribution >= 4 is 22.8 Å². The molecule has 3 aromatic rings. The molecule has 0 atom stereocenters. The molecule has 0 aliphatic rings.